The van der Waals surface area contributed by atoms with Crippen LogP contribution in [0.5, 0.6) is 0 Å². The molecule has 1 atom stereocenters. The molecule has 1 saturated carbocycles. The fraction of sp³-hybridized carbons (Fsp3) is 1.00. The lowest BCUT2D eigenvalue weighted by molar-refractivity contribution is 0.172. The first-order valence-corrected chi connectivity index (χ1v) is 7.11. The zero-order valence-corrected chi connectivity index (χ0v) is 10.3. The maximum Gasteiger partial charge on any atom is -0.00179 e. The van der Waals surface area contributed by atoms with Crippen molar-refractivity contribution in [2.24, 2.45) is 17.8 Å². The van der Waals surface area contributed by atoms with Gasteiger partial charge in [-0.25, -0.2) is 0 Å². The number of hydrogen-bond acceptors (Lipinski definition) is 1. The molecular formula is C14H27N. The van der Waals surface area contributed by atoms with Crippen LogP contribution in [-0.2, 0) is 0 Å². The Morgan fingerprint density at radius 1 is 1.00 bits per heavy atom. The number of piperidine rings is 1. The molecule has 1 aliphatic heterocycles. The Bertz CT molecular complexity index is 164. The summed E-state index contributed by atoms with van der Waals surface area (Å²) in [6, 6.07) is 0. The Hall–Kier alpha value is -0.0400. The Morgan fingerprint density at radius 3 is 2.40 bits per heavy atom. The molecule has 0 spiro atoms. The fourth-order valence-corrected chi connectivity index (χ4v) is 3.64. The van der Waals surface area contributed by atoms with E-state index < -0.39 is 0 Å². The summed E-state index contributed by atoms with van der Waals surface area (Å²) >= 11 is 0. The summed E-state index contributed by atoms with van der Waals surface area (Å²) in [6.45, 7) is 4.90. The van der Waals surface area contributed by atoms with Gasteiger partial charge in [-0.05, 0) is 56.5 Å². The second kappa shape index (κ2) is 5.89. The van der Waals surface area contributed by atoms with Crippen molar-refractivity contribution < 1.29 is 0 Å². The lowest BCUT2D eigenvalue weighted by Gasteiger charge is -2.36. The lowest BCUT2D eigenvalue weighted by Crippen LogP contribution is -2.35. The molecule has 1 saturated heterocycles. The number of rotatable bonds is 3. The molecule has 2 fully saturated rings. The van der Waals surface area contributed by atoms with Crippen LogP contribution in [0.3, 0.4) is 0 Å². The van der Waals surface area contributed by atoms with Crippen molar-refractivity contribution in [3.8, 4) is 0 Å². The molecule has 88 valence electrons. The van der Waals surface area contributed by atoms with Crippen molar-refractivity contribution in [2.75, 3.05) is 13.1 Å². The molecule has 2 rings (SSSR count). The minimum Gasteiger partial charge on any atom is -0.316 e. The summed E-state index contributed by atoms with van der Waals surface area (Å²) in [7, 11) is 0. The predicted octanol–water partition coefficient (Wildman–Crippen LogP) is 3.59. The van der Waals surface area contributed by atoms with Gasteiger partial charge in [-0.15, -0.1) is 0 Å². The van der Waals surface area contributed by atoms with Crippen LogP contribution in [0.1, 0.15) is 58.3 Å². The summed E-state index contributed by atoms with van der Waals surface area (Å²) in [4.78, 5) is 0. The topological polar surface area (TPSA) is 12.0 Å². The Kier molecular flexibility index (Phi) is 4.49. The van der Waals surface area contributed by atoms with E-state index in [2.05, 4.69) is 12.2 Å². The molecule has 2 aliphatic rings. The van der Waals surface area contributed by atoms with Crippen LogP contribution in [0.2, 0.25) is 0 Å². The largest absolute Gasteiger partial charge is 0.316 e. The minimum atomic E-state index is 1.02. The smallest absolute Gasteiger partial charge is 0.00179 e. The summed E-state index contributed by atoms with van der Waals surface area (Å²) in [6.07, 6.45) is 11.9. The first-order valence-electron chi connectivity index (χ1n) is 7.11. The van der Waals surface area contributed by atoms with E-state index in [0.29, 0.717) is 0 Å². The number of hydrogen-bond donors (Lipinski definition) is 1. The van der Waals surface area contributed by atoms with Crippen molar-refractivity contribution >= 4 is 0 Å². The molecule has 1 aliphatic carbocycles. The molecule has 0 aromatic heterocycles. The Morgan fingerprint density at radius 2 is 1.80 bits per heavy atom. The SMILES string of the molecule is CCCC1CCC(C2CCCNC2)CC1. The van der Waals surface area contributed by atoms with Crippen molar-refractivity contribution in [2.45, 2.75) is 58.3 Å². The normalized spacial score (nSPS) is 37.8. The molecule has 0 aromatic rings. The van der Waals surface area contributed by atoms with E-state index in [1.807, 2.05) is 0 Å². The van der Waals surface area contributed by atoms with Crippen LogP contribution in [-0.4, -0.2) is 13.1 Å². The summed E-state index contributed by atoms with van der Waals surface area (Å²) in [5, 5.41) is 3.57. The molecule has 1 nitrogen and oxygen atoms in total. The van der Waals surface area contributed by atoms with Gasteiger partial charge in [0.2, 0.25) is 0 Å². The molecule has 1 N–H and O–H groups in total. The molecule has 1 unspecified atom stereocenters. The average Bonchev–Trinajstić information content (AvgIpc) is 2.32. The van der Waals surface area contributed by atoms with Gasteiger partial charge >= 0.3 is 0 Å². The van der Waals surface area contributed by atoms with Crippen molar-refractivity contribution in [3.63, 3.8) is 0 Å². The van der Waals surface area contributed by atoms with E-state index in [0.717, 1.165) is 17.8 Å². The van der Waals surface area contributed by atoms with Crippen LogP contribution in [0.25, 0.3) is 0 Å². The van der Waals surface area contributed by atoms with Gasteiger partial charge in [-0.3, -0.25) is 0 Å². The van der Waals surface area contributed by atoms with Gasteiger partial charge in [0.25, 0.3) is 0 Å². The molecule has 0 amide bonds. The first-order chi connectivity index (χ1) is 7.40. The van der Waals surface area contributed by atoms with E-state index >= 15 is 0 Å². The first kappa shape index (κ1) is 11.4. The summed E-state index contributed by atoms with van der Waals surface area (Å²) in [5.74, 6) is 3.15. The van der Waals surface area contributed by atoms with Gasteiger partial charge in [0.15, 0.2) is 0 Å². The van der Waals surface area contributed by atoms with Gasteiger partial charge in [0.05, 0.1) is 0 Å². The molecule has 0 aromatic carbocycles. The highest BCUT2D eigenvalue weighted by Crippen LogP contribution is 2.37. The average molecular weight is 209 g/mol. The van der Waals surface area contributed by atoms with Gasteiger partial charge in [-0.1, -0.05) is 32.6 Å². The molecule has 1 heteroatoms. The van der Waals surface area contributed by atoms with Crippen LogP contribution in [0, 0.1) is 17.8 Å². The summed E-state index contributed by atoms with van der Waals surface area (Å²) < 4.78 is 0. The van der Waals surface area contributed by atoms with Gasteiger partial charge in [0, 0.05) is 0 Å². The zero-order valence-electron chi connectivity index (χ0n) is 10.3. The van der Waals surface area contributed by atoms with Crippen molar-refractivity contribution in [3.05, 3.63) is 0 Å². The van der Waals surface area contributed by atoms with Crippen molar-refractivity contribution in [1.82, 2.24) is 5.32 Å². The predicted molar refractivity (Wildman–Crippen MR) is 65.9 cm³/mol. The third-order valence-electron chi connectivity index (χ3n) is 4.59. The maximum absolute atomic E-state index is 3.57. The van der Waals surface area contributed by atoms with Gasteiger partial charge in [-0.2, -0.15) is 0 Å². The fourth-order valence-electron chi connectivity index (χ4n) is 3.64. The number of nitrogens with one attached hydrogen (secondary N) is 1. The van der Waals surface area contributed by atoms with Crippen LogP contribution in [0.4, 0.5) is 0 Å². The minimum absolute atomic E-state index is 1.02. The monoisotopic (exact) mass is 209 g/mol. The highest BCUT2D eigenvalue weighted by molar-refractivity contribution is 4.81. The molecule has 0 radical (unpaired) electrons. The van der Waals surface area contributed by atoms with E-state index in [-0.39, 0.29) is 0 Å². The van der Waals surface area contributed by atoms with Crippen LogP contribution in [0.15, 0.2) is 0 Å². The highest BCUT2D eigenvalue weighted by atomic mass is 14.9. The molecule has 15 heavy (non-hydrogen) atoms. The van der Waals surface area contributed by atoms with E-state index in [4.69, 9.17) is 0 Å². The molecule has 0 bridgehead atoms. The van der Waals surface area contributed by atoms with E-state index in [1.54, 1.807) is 0 Å². The second-order valence-electron chi connectivity index (χ2n) is 5.68. The van der Waals surface area contributed by atoms with Crippen LogP contribution < -0.4 is 5.32 Å². The zero-order chi connectivity index (χ0) is 10.5. The highest BCUT2D eigenvalue weighted by Gasteiger charge is 2.27. The molecular weight excluding hydrogens is 182 g/mol. The third kappa shape index (κ3) is 3.21. The Labute approximate surface area is 95.0 Å². The van der Waals surface area contributed by atoms with Gasteiger partial charge < -0.3 is 5.32 Å². The molecule has 1 heterocycles. The van der Waals surface area contributed by atoms with Gasteiger partial charge in [0.1, 0.15) is 0 Å². The standard InChI is InChI=1S/C14H27N/c1-2-4-12-6-8-13(9-7-12)14-5-3-10-15-11-14/h12-15H,2-11H2,1H3. The second-order valence-corrected chi connectivity index (χ2v) is 5.68. The lowest BCUT2D eigenvalue weighted by atomic mass is 9.73. The van der Waals surface area contributed by atoms with E-state index in [9.17, 15) is 0 Å². The Balaban J connectivity index is 1.72. The third-order valence-corrected chi connectivity index (χ3v) is 4.59. The van der Waals surface area contributed by atoms with Crippen molar-refractivity contribution in [1.29, 1.82) is 0 Å². The quantitative estimate of drug-likeness (QED) is 0.749. The maximum atomic E-state index is 3.57. The van der Waals surface area contributed by atoms with Crippen LogP contribution >= 0.6 is 0 Å². The summed E-state index contributed by atoms with van der Waals surface area (Å²) in [5.41, 5.74) is 0. The van der Waals surface area contributed by atoms with E-state index in [1.165, 1.54) is 64.5 Å².